The summed E-state index contributed by atoms with van der Waals surface area (Å²) in [4.78, 5) is 14.3. The Kier molecular flexibility index (Phi) is 9.40. The van der Waals surface area contributed by atoms with Crippen LogP contribution in [0.25, 0.3) is 0 Å². The molecule has 0 saturated heterocycles. The van der Waals surface area contributed by atoms with Gasteiger partial charge in [0.15, 0.2) is 0 Å². The molecule has 3 spiro atoms. The van der Waals surface area contributed by atoms with E-state index < -0.39 is 23.0 Å². The predicted octanol–water partition coefficient (Wildman–Crippen LogP) is 0.330. The SMILES string of the molecule is C1=C[Se]C(=C2[Se]c3cc4c(cc3[Se]2)OP2(=NP3(=NP5(=N2)Oc2cc6c(cc2O5)[Se]C(=C2[Se]C=C[Se]2)[Se]6)Oc2cc5c(cc2O3)[Se]C(=C2[Se]C=C[Se]2)[Se]5)O4)[Se]1. The first-order chi connectivity index (χ1) is 26.4. The first-order valence-corrected chi connectivity index (χ1v) is 41.3. The van der Waals surface area contributed by atoms with Crippen molar-refractivity contribution in [3.05, 3.63) is 86.5 Å². The summed E-state index contributed by atoms with van der Waals surface area (Å²) in [6.07, 6.45) is 0. The van der Waals surface area contributed by atoms with Crippen LogP contribution in [-0.2, 0) is 0 Å². The Morgan fingerprint density at radius 1 is 0.296 bits per heavy atom. The van der Waals surface area contributed by atoms with Crippen LogP contribution in [0.5, 0.6) is 34.5 Å². The molecule has 3 aromatic rings. The van der Waals surface area contributed by atoms with Gasteiger partial charge in [0, 0.05) is 0 Å². The van der Waals surface area contributed by atoms with Gasteiger partial charge in [0.1, 0.15) is 0 Å². The Hall–Kier alpha value is 1.82. The van der Waals surface area contributed by atoms with Crippen LogP contribution >= 0.6 is 23.0 Å². The van der Waals surface area contributed by atoms with Crippen molar-refractivity contribution in [2.75, 3.05) is 0 Å². The summed E-state index contributed by atoms with van der Waals surface area (Å²) in [5.74, 6) is 4.14. The fourth-order valence-corrected chi connectivity index (χ4v) is 57.4. The number of rotatable bonds is 0. The molecule has 0 radical (unpaired) electrons. The number of fused-ring (bicyclic) bond motifs is 6. The van der Waals surface area contributed by atoms with Crippen LogP contribution in [-0.4, -0.2) is 179 Å². The molecule has 0 aliphatic carbocycles. The fraction of sp³-hybridized carbons (Fsp3) is 0. The van der Waals surface area contributed by atoms with Crippen molar-refractivity contribution in [2.45, 2.75) is 0 Å². The maximum atomic E-state index is 6.82. The Morgan fingerprint density at radius 3 is 0.704 bits per heavy atom. The van der Waals surface area contributed by atoms with E-state index in [0.29, 0.717) is 214 Å². The van der Waals surface area contributed by atoms with E-state index in [4.69, 9.17) is 40.7 Å². The Morgan fingerprint density at radius 2 is 0.500 bits per heavy atom. The van der Waals surface area contributed by atoms with Crippen LogP contribution in [0, 0.1) is 0 Å². The first-order valence-electron chi connectivity index (χ1n) is 15.3. The van der Waals surface area contributed by atoms with Crippen LogP contribution in [0.3, 0.4) is 0 Å². The minimum absolute atomic E-state index is 0.314. The van der Waals surface area contributed by atoms with Crippen molar-refractivity contribution in [1.29, 1.82) is 0 Å². The molecule has 9 nitrogen and oxygen atoms in total. The zero-order valence-corrected chi connectivity index (χ0v) is 49.2. The molecule has 0 unspecified atom stereocenters. The van der Waals surface area contributed by atoms with Gasteiger partial charge in [0.05, 0.1) is 0 Å². The second-order valence-corrected chi connectivity index (χ2v) is 50.2. The predicted molar refractivity (Wildman–Crippen MR) is 226 cm³/mol. The van der Waals surface area contributed by atoms with Gasteiger partial charge in [-0.25, -0.2) is 0 Å². The molecule has 10 heterocycles. The second kappa shape index (κ2) is 13.9. The van der Waals surface area contributed by atoms with Crippen molar-refractivity contribution in [3.63, 3.8) is 0 Å². The zero-order valence-electron chi connectivity index (χ0n) is 26.0. The third kappa shape index (κ3) is 6.27. The van der Waals surface area contributed by atoms with Gasteiger partial charge >= 0.3 is 391 Å². The van der Waals surface area contributed by atoms with Crippen molar-refractivity contribution in [3.8, 4) is 34.5 Å². The van der Waals surface area contributed by atoms with Crippen molar-refractivity contribution < 1.29 is 27.1 Å². The molecule has 270 valence electrons. The third-order valence-electron chi connectivity index (χ3n) is 7.95. The van der Waals surface area contributed by atoms with E-state index in [0.717, 1.165) is 0 Å². The number of hydrogen-bond donors (Lipinski definition) is 0. The second-order valence-electron chi connectivity index (χ2n) is 11.4. The Bertz CT molecular complexity index is 2300. The van der Waals surface area contributed by atoms with Crippen LogP contribution in [0.4, 0.5) is 0 Å². The van der Waals surface area contributed by atoms with Gasteiger partial charge in [-0.15, -0.1) is 0 Å². The summed E-state index contributed by atoms with van der Waals surface area (Å²) in [5, 5.41) is 0. The van der Waals surface area contributed by atoms with E-state index in [2.05, 4.69) is 66.2 Å². The molecule has 0 fully saturated rings. The summed E-state index contributed by atoms with van der Waals surface area (Å²) in [6, 6.07) is 13.1. The normalized spacial score (nSPS) is 24.0. The van der Waals surface area contributed by atoms with E-state index in [1.165, 1.54) is 26.8 Å². The zero-order chi connectivity index (χ0) is 35.2. The number of hydrogen-bond acceptors (Lipinski definition) is 9. The minimum atomic E-state index is -3.40. The van der Waals surface area contributed by atoms with Gasteiger partial charge in [-0.1, -0.05) is 0 Å². The topological polar surface area (TPSA) is 92.5 Å². The molecule has 10 aliphatic rings. The van der Waals surface area contributed by atoms with Crippen LogP contribution in [0.2, 0.25) is 0 Å². The van der Waals surface area contributed by atoms with Gasteiger partial charge in [0.2, 0.25) is 0 Å². The van der Waals surface area contributed by atoms with E-state index in [1.54, 1.807) is 20.2 Å². The summed E-state index contributed by atoms with van der Waals surface area (Å²) in [5.41, 5.74) is 0. The molecule has 0 bridgehead atoms. The monoisotopic (exact) mass is 1560 g/mol. The average Bonchev–Trinajstić information content (AvgIpc) is 3.96. The van der Waals surface area contributed by atoms with Gasteiger partial charge in [-0.05, 0) is 0 Å². The summed E-state index contributed by atoms with van der Waals surface area (Å²) in [6.45, 7) is 0. The molecule has 13 rings (SSSR count). The standard InChI is InChI=1S/C30H12N3O6P3Se12/c1-2-44-25(43-1)28-49-19-7-13-14(8-20(19)50-28)35-40(34-13)31-41(36-15-9-21-22(10-16(15)37-41)52-29(51-21)26-45-3-4-46-26)33-42(32-40)38-17-11-23-24(12-18(17)39-42)54-30(53-23)27-47-5-6-48-27/h1-12H. The van der Waals surface area contributed by atoms with Gasteiger partial charge in [-0.2, -0.15) is 0 Å². The first kappa shape index (κ1) is 36.5. The van der Waals surface area contributed by atoms with Crippen molar-refractivity contribution in [2.24, 2.45) is 13.5 Å². The maximum absolute atomic E-state index is 6.82. The fourth-order valence-electron chi connectivity index (χ4n) is 5.82. The van der Waals surface area contributed by atoms with E-state index in [-0.39, 0.29) is 0 Å². The van der Waals surface area contributed by atoms with Crippen LogP contribution < -0.4 is 53.9 Å². The molecule has 0 amide bonds. The van der Waals surface area contributed by atoms with E-state index in [1.807, 2.05) is 0 Å². The third-order valence-corrected chi connectivity index (χ3v) is 60.8. The van der Waals surface area contributed by atoms with Gasteiger partial charge in [0.25, 0.3) is 0 Å². The molecule has 0 N–H and O–H groups in total. The van der Waals surface area contributed by atoms with Crippen molar-refractivity contribution in [1.82, 2.24) is 0 Å². The van der Waals surface area contributed by atoms with Crippen LogP contribution in [0.1, 0.15) is 0 Å². The van der Waals surface area contributed by atoms with Gasteiger partial charge in [-0.3, -0.25) is 0 Å². The van der Waals surface area contributed by atoms with E-state index in [9.17, 15) is 0 Å². The summed E-state index contributed by atoms with van der Waals surface area (Å²) < 4.78 is 75.0. The van der Waals surface area contributed by atoms with Gasteiger partial charge < -0.3 is 0 Å². The quantitative estimate of drug-likeness (QED) is 0.239. The molecular weight excluding hydrogens is 1540 g/mol. The molecule has 10 aliphatic heterocycles. The summed E-state index contributed by atoms with van der Waals surface area (Å²) in [7, 11) is -10.2. The number of benzene rings is 3. The molecule has 0 saturated carbocycles. The molecule has 54 heavy (non-hydrogen) atoms. The van der Waals surface area contributed by atoms with E-state index >= 15 is 0 Å². The Labute approximate surface area is 384 Å². The Balaban J connectivity index is 0.887. The average molecular weight is 1550 g/mol. The molecule has 3 aromatic carbocycles. The molecule has 0 aromatic heterocycles. The molecular formula is C30H12N3O6P3Se12. The molecule has 24 heteroatoms. The van der Waals surface area contributed by atoms with Crippen LogP contribution in [0.15, 0.2) is 100 Å². The van der Waals surface area contributed by atoms with Crippen molar-refractivity contribution >= 4 is 229 Å². The summed E-state index contributed by atoms with van der Waals surface area (Å²) >= 11 is 5.03. The number of nitrogens with zero attached hydrogens (tertiary/aromatic N) is 3. The molecule has 0 atom stereocenters.